The Bertz CT molecular complexity index is 426. The molecule has 8 heteroatoms. The van der Waals surface area contributed by atoms with E-state index in [0.29, 0.717) is 0 Å². The minimum atomic E-state index is -3.36. The highest BCUT2D eigenvalue weighted by Crippen LogP contribution is 1.94. The summed E-state index contributed by atoms with van der Waals surface area (Å²) in [6.07, 6.45) is 1.87. The smallest absolute Gasteiger partial charge is 0.331 e. The minimum Gasteiger partial charge on any atom is -0.463 e. The second-order valence-electron chi connectivity index (χ2n) is 3.74. The molecule has 0 radical (unpaired) electrons. The third-order valence-corrected chi connectivity index (χ3v) is 3.76. The second kappa shape index (κ2) is 8.65. The fourth-order valence-electron chi connectivity index (χ4n) is 0.877. The Morgan fingerprint density at radius 3 is 2.16 bits per heavy atom. The predicted octanol–water partition coefficient (Wildman–Crippen LogP) is -0.0233. The topological polar surface area (TPSA) is 98.8 Å². The summed E-state index contributed by atoms with van der Waals surface area (Å²) in [6.45, 7) is 4.81. The van der Waals surface area contributed by atoms with E-state index in [0.717, 1.165) is 12.2 Å². The molecule has 19 heavy (non-hydrogen) atoms. The van der Waals surface area contributed by atoms with Crippen LogP contribution in [0.4, 0.5) is 0 Å². The highest BCUT2D eigenvalue weighted by atomic mass is 32.2. The van der Waals surface area contributed by atoms with E-state index >= 15 is 0 Å². The van der Waals surface area contributed by atoms with Crippen molar-refractivity contribution in [1.29, 1.82) is 0 Å². The van der Waals surface area contributed by atoms with Crippen molar-refractivity contribution >= 4 is 22.0 Å². The lowest BCUT2D eigenvalue weighted by Gasteiger charge is -2.08. The normalized spacial score (nSPS) is 11.8. The van der Waals surface area contributed by atoms with Gasteiger partial charge < -0.3 is 9.47 Å². The molecule has 0 aliphatic carbocycles. The van der Waals surface area contributed by atoms with Crippen molar-refractivity contribution in [2.45, 2.75) is 26.0 Å². The van der Waals surface area contributed by atoms with Crippen LogP contribution < -0.4 is 4.72 Å². The number of nitrogens with one attached hydrogen (secondary N) is 1. The molecule has 0 aromatic carbocycles. The first kappa shape index (κ1) is 17.6. The van der Waals surface area contributed by atoms with Gasteiger partial charge >= 0.3 is 11.9 Å². The van der Waals surface area contributed by atoms with E-state index < -0.39 is 27.2 Å². The second-order valence-corrected chi connectivity index (χ2v) is 6.06. The molecule has 0 fully saturated rings. The van der Waals surface area contributed by atoms with Crippen LogP contribution in [0.1, 0.15) is 20.8 Å². The van der Waals surface area contributed by atoms with Crippen LogP contribution in [0, 0.1) is 0 Å². The Balaban J connectivity index is 3.91. The molecule has 1 N–H and O–H groups in total. The summed E-state index contributed by atoms with van der Waals surface area (Å²) in [4.78, 5) is 22.0. The summed E-state index contributed by atoms with van der Waals surface area (Å²) < 4.78 is 34.2. The van der Waals surface area contributed by atoms with Crippen molar-refractivity contribution in [3.8, 4) is 0 Å². The molecular formula is C11H19NO6S. The number of sulfonamides is 1. The SMILES string of the molecule is CCOC(=O)/C=C/C(=O)OCCNS(=O)(=O)C(C)C. The fraction of sp³-hybridized carbons (Fsp3) is 0.636. The Kier molecular flexibility index (Phi) is 8.01. The molecule has 0 saturated heterocycles. The van der Waals surface area contributed by atoms with Gasteiger partial charge in [-0.2, -0.15) is 0 Å². The van der Waals surface area contributed by atoms with Gasteiger partial charge in [-0.05, 0) is 20.8 Å². The molecular weight excluding hydrogens is 274 g/mol. The summed E-state index contributed by atoms with van der Waals surface area (Å²) in [5.74, 6) is -1.38. The Hall–Kier alpha value is -1.41. The first-order chi connectivity index (χ1) is 8.79. The minimum absolute atomic E-state index is 0.0144. The van der Waals surface area contributed by atoms with Gasteiger partial charge in [0.15, 0.2) is 0 Å². The van der Waals surface area contributed by atoms with Crippen molar-refractivity contribution in [2.75, 3.05) is 19.8 Å². The zero-order valence-electron chi connectivity index (χ0n) is 11.2. The number of carbonyl (C=O) groups excluding carboxylic acids is 2. The first-order valence-electron chi connectivity index (χ1n) is 5.79. The molecule has 0 atom stereocenters. The van der Waals surface area contributed by atoms with Crippen LogP contribution in [0.2, 0.25) is 0 Å². The standard InChI is InChI=1S/C11H19NO6S/c1-4-17-10(13)5-6-11(14)18-8-7-12-19(15,16)9(2)3/h5-6,9,12H,4,7-8H2,1-3H3/b6-5+. The number of carbonyl (C=O) groups is 2. The third-order valence-electron chi connectivity index (χ3n) is 1.91. The van der Waals surface area contributed by atoms with Crippen molar-refractivity contribution < 1.29 is 27.5 Å². The molecule has 0 aromatic rings. The van der Waals surface area contributed by atoms with Crippen molar-refractivity contribution in [3.63, 3.8) is 0 Å². The molecule has 0 spiro atoms. The fourth-order valence-corrected chi connectivity index (χ4v) is 1.58. The van der Waals surface area contributed by atoms with Gasteiger partial charge in [0.25, 0.3) is 0 Å². The van der Waals surface area contributed by atoms with Crippen LogP contribution >= 0.6 is 0 Å². The van der Waals surface area contributed by atoms with Crippen LogP contribution in [-0.4, -0.2) is 45.4 Å². The van der Waals surface area contributed by atoms with E-state index in [-0.39, 0.29) is 19.8 Å². The van der Waals surface area contributed by atoms with Gasteiger partial charge in [-0.15, -0.1) is 0 Å². The lowest BCUT2D eigenvalue weighted by molar-refractivity contribution is -0.140. The lowest BCUT2D eigenvalue weighted by Crippen LogP contribution is -2.33. The van der Waals surface area contributed by atoms with Crippen LogP contribution in [0.25, 0.3) is 0 Å². The van der Waals surface area contributed by atoms with E-state index in [4.69, 9.17) is 0 Å². The number of rotatable bonds is 8. The predicted molar refractivity (Wildman–Crippen MR) is 68.8 cm³/mol. The van der Waals surface area contributed by atoms with Gasteiger partial charge in [0.2, 0.25) is 10.0 Å². The molecule has 0 aliphatic heterocycles. The monoisotopic (exact) mass is 293 g/mol. The van der Waals surface area contributed by atoms with Gasteiger partial charge in [0, 0.05) is 18.7 Å². The maximum atomic E-state index is 11.3. The highest BCUT2D eigenvalue weighted by Gasteiger charge is 2.14. The number of esters is 2. The molecule has 110 valence electrons. The molecule has 0 rings (SSSR count). The number of hydrogen-bond donors (Lipinski definition) is 1. The molecule has 0 unspecified atom stereocenters. The van der Waals surface area contributed by atoms with Gasteiger partial charge in [-0.25, -0.2) is 22.7 Å². The maximum absolute atomic E-state index is 11.3. The summed E-state index contributed by atoms with van der Waals surface area (Å²) in [7, 11) is -3.36. The number of ether oxygens (including phenoxy) is 2. The van der Waals surface area contributed by atoms with Gasteiger partial charge in [0.05, 0.1) is 11.9 Å². The molecule has 7 nitrogen and oxygen atoms in total. The largest absolute Gasteiger partial charge is 0.463 e. The van der Waals surface area contributed by atoms with E-state index in [1.165, 1.54) is 13.8 Å². The lowest BCUT2D eigenvalue weighted by atomic mass is 10.5. The Labute approximate surface area is 113 Å². The molecule has 0 saturated carbocycles. The molecule has 0 amide bonds. The molecule has 0 bridgehead atoms. The zero-order chi connectivity index (χ0) is 14.9. The van der Waals surface area contributed by atoms with E-state index in [1.807, 2.05) is 0 Å². The Morgan fingerprint density at radius 1 is 1.16 bits per heavy atom. The summed E-state index contributed by atoms with van der Waals surface area (Å²) in [5, 5.41) is -0.549. The van der Waals surface area contributed by atoms with Crippen LogP contribution in [0.15, 0.2) is 12.2 Å². The van der Waals surface area contributed by atoms with Gasteiger partial charge in [-0.3, -0.25) is 0 Å². The van der Waals surface area contributed by atoms with Crippen molar-refractivity contribution in [2.24, 2.45) is 0 Å². The van der Waals surface area contributed by atoms with Gasteiger partial charge in [-0.1, -0.05) is 0 Å². The molecule has 0 aliphatic rings. The Morgan fingerprint density at radius 2 is 1.68 bits per heavy atom. The zero-order valence-corrected chi connectivity index (χ0v) is 12.0. The van der Waals surface area contributed by atoms with Gasteiger partial charge in [0.1, 0.15) is 6.61 Å². The molecule has 0 aromatic heterocycles. The van der Waals surface area contributed by atoms with Crippen LogP contribution in [-0.2, 0) is 29.1 Å². The summed E-state index contributed by atoms with van der Waals surface area (Å²) in [6, 6.07) is 0. The van der Waals surface area contributed by atoms with Crippen LogP contribution in [0.5, 0.6) is 0 Å². The van der Waals surface area contributed by atoms with Crippen LogP contribution in [0.3, 0.4) is 0 Å². The summed E-state index contributed by atoms with van der Waals surface area (Å²) in [5.41, 5.74) is 0. The van der Waals surface area contributed by atoms with E-state index in [2.05, 4.69) is 14.2 Å². The molecule has 0 heterocycles. The average molecular weight is 293 g/mol. The summed E-state index contributed by atoms with van der Waals surface area (Å²) >= 11 is 0. The maximum Gasteiger partial charge on any atom is 0.331 e. The third kappa shape index (κ3) is 8.33. The highest BCUT2D eigenvalue weighted by molar-refractivity contribution is 7.90. The first-order valence-corrected chi connectivity index (χ1v) is 7.34. The van der Waals surface area contributed by atoms with Crippen molar-refractivity contribution in [1.82, 2.24) is 4.72 Å². The quantitative estimate of drug-likeness (QED) is 0.383. The van der Waals surface area contributed by atoms with Crippen molar-refractivity contribution in [3.05, 3.63) is 12.2 Å². The van der Waals surface area contributed by atoms with E-state index in [9.17, 15) is 18.0 Å². The van der Waals surface area contributed by atoms with E-state index in [1.54, 1.807) is 6.92 Å². The number of hydrogen-bond acceptors (Lipinski definition) is 6. The average Bonchev–Trinajstić information content (AvgIpc) is 2.32.